The number of nitrogens with zero attached hydrogens (tertiary/aromatic N) is 1. The fourth-order valence-electron chi connectivity index (χ4n) is 1.65. The minimum atomic E-state index is -0.417. The van der Waals surface area contributed by atoms with E-state index in [9.17, 15) is 9.59 Å². The van der Waals surface area contributed by atoms with Crippen molar-refractivity contribution in [3.05, 3.63) is 22.6 Å². The largest absolute Gasteiger partial charge is 0.457 e. The molecule has 2 amide bonds. The van der Waals surface area contributed by atoms with Gasteiger partial charge in [-0.3, -0.25) is 9.59 Å². The Hall–Kier alpha value is -1.30. The summed E-state index contributed by atoms with van der Waals surface area (Å²) in [7, 11) is 1.72. The van der Waals surface area contributed by atoms with Crippen molar-refractivity contribution in [2.24, 2.45) is 0 Å². The lowest BCUT2D eigenvalue weighted by Gasteiger charge is -2.11. The van der Waals surface area contributed by atoms with Crippen LogP contribution in [0.2, 0.25) is 0 Å². The number of carbonyl (C=O) groups is 2. The Morgan fingerprint density at radius 3 is 2.94 bits per heavy atom. The van der Waals surface area contributed by atoms with E-state index in [-0.39, 0.29) is 11.8 Å². The Kier molecular flexibility index (Phi) is 3.00. The highest BCUT2D eigenvalue weighted by atomic mass is 79.9. The van der Waals surface area contributed by atoms with Gasteiger partial charge in [0.15, 0.2) is 4.67 Å². The van der Waals surface area contributed by atoms with Crippen LogP contribution >= 0.6 is 15.9 Å². The van der Waals surface area contributed by atoms with Gasteiger partial charge in [-0.05, 0) is 28.4 Å². The van der Waals surface area contributed by atoms with E-state index in [1.165, 1.54) is 6.26 Å². The molecule has 1 saturated heterocycles. The quantitative estimate of drug-likeness (QED) is 0.882. The van der Waals surface area contributed by atoms with Crippen molar-refractivity contribution >= 4 is 27.7 Å². The molecule has 6 heteroatoms. The summed E-state index contributed by atoms with van der Waals surface area (Å²) >= 11 is 3.12. The van der Waals surface area contributed by atoms with E-state index in [4.69, 9.17) is 4.42 Å². The zero-order valence-corrected chi connectivity index (χ0v) is 10.3. The van der Waals surface area contributed by atoms with Crippen molar-refractivity contribution in [2.75, 3.05) is 13.6 Å². The van der Waals surface area contributed by atoms with Gasteiger partial charge in [-0.25, -0.2) is 0 Å². The van der Waals surface area contributed by atoms with Gasteiger partial charge in [0.1, 0.15) is 6.04 Å². The molecule has 1 N–H and O–H groups in total. The Balaban J connectivity index is 2.04. The molecule has 1 unspecified atom stereocenters. The van der Waals surface area contributed by atoms with Crippen LogP contribution in [0.15, 0.2) is 21.4 Å². The molecule has 1 aliphatic rings. The van der Waals surface area contributed by atoms with Crippen LogP contribution in [0.25, 0.3) is 0 Å². The molecule has 1 fully saturated rings. The fourth-order valence-corrected chi connectivity index (χ4v) is 2.07. The fraction of sp³-hybridized carbons (Fsp3) is 0.400. The predicted octanol–water partition coefficient (Wildman–Crippen LogP) is 1.00. The minimum Gasteiger partial charge on any atom is -0.457 e. The van der Waals surface area contributed by atoms with E-state index in [0.29, 0.717) is 23.2 Å². The molecule has 0 radical (unpaired) electrons. The number of likely N-dealkylation sites (tertiary alicyclic amines) is 1. The summed E-state index contributed by atoms with van der Waals surface area (Å²) in [6.45, 7) is 0.677. The Labute approximate surface area is 101 Å². The first-order valence-corrected chi connectivity index (χ1v) is 5.67. The second kappa shape index (κ2) is 4.29. The average Bonchev–Trinajstić information content (AvgIpc) is 2.79. The maximum Gasteiger partial charge on any atom is 0.256 e. The lowest BCUT2D eigenvalue weighted by molar-refractivity contribution is -0.128. The summed E-state index contributed by atoms with van der Waals surface area (Å²) in [6.07, 6.45) is 2.07. The third kappa shape index (κ3) is 1.97. The highest BCUT2D eigenvalue weighted by Gasteiger charge is 2.30. The van der Waals surface area contributed by atoms with Gasteiger partial charge < -0.3 is 14.6 Å². The molecule has 1 aromatic heterocycles. The van der Waals surface area contributed by atoms with Gasteiger partial charge in [0.2, 0.25) is 5.91 Å². The number of hydrogen-bond donors (Lipinski definition) is 1. The summed E-state index contributed by atoms with van der Waals surface area (Å²) in [5, 5.41) is 2.68. The molecule has 86 valence electrons. The molecular formula is C10H11BrN2O3. The maximum atomic E-state index is 11.8. The van der Waals surface area contributed by atoms with Crippen LogP contribution in [0.1, 0.15) is 16.8 Å². The van der Waals surface area contributed by atoms with Crippen molar-refractivity contribution in [3.8, 4) is 0 Å². The first kappa shape index (κ1) is 11.2. The molecule has 0 bridgehead atoms. The first-order valence-electron chi connectivity index (χ1n) is 4.88. The predicted molar refractivity (Wildman–Crippen MR) is 59.9 cm³/mol. The maximum absolute atomic E-state index is 11.8. The molecule has 1 aliphatic heterocycles. The van der Waals surface area contributed by atoms with Gasteiger partial charge in [-0.15, -0.1) is 0 Å². The third-order valence-corrected chi connectivity index (χ3v) is 3.21. The monoisotopic (exact) mass is 286 g/mol. The molecule has 1 aromatic rings. The molecule has 2 rings (SSSR count). The van der Waals surface area contributed by atoms with Gasteiger partial charge in [0, 0.05) is 13.6 Å². The molecule has 5 nitrogen and oxygen atoms in total. The average molecular weight is 287 g/mol. The molecule has 0 spiro atoms. The van der Waals surface area contributed by atoms with Crippen LogP contribution < -0.4 is 5.32 Å². The van der Waals surface area contributed by atoms with Crippen molar-refractivity contribution in [2.45, 2.75) is 12.5 Å². The number of rotatable bonds is 2. The second-order valence-corrected chi connectivity index (χ2v) is 4.40. The van der Waals surface area contributed by atoms with Crippen LogP contribution in [-0.4, -0.2) is 36.3 Å². The molecule has 0 aromatic carbocycles. The topological polar surface area (TPSA) is 62.6 Å². The van der Waals surface area contributed by atoms with Crippen molar-refractivity contribution in [1.82, 2.24) is 10.2 Å². The lowest BCUT2D eigenvalue weighted by Crippen LogP contribution is -2.40. The van der Waals surface area contributed by atoms with Crippen molar-refractivity contribution in [1.29, 1.82) is 0 Å². The van der Waals surface area contributed by atoms with E-state index < -0.39 is 6.04 Å². The Morgan fingerprint density at radius 2 is 2.44 bits per heavy atom. The molecule has 16 heavy (non-hydrogen) atoms. The van der Waals surface area contributed by atoms with Gasteiger partial charge in [-0.2, -0.15) is 0 Å². The van der Waals surface area contributed by atoms with Gasteiger partial charge in [-0.1, -0.05) is 0 Å². The van der Waals surface area contributed by atoms with E-state index in [0.717, 1.165) is 0 Å². The summed E-state index contributed by atoms with van der Waals surface area (Å²) in [6, 6.07) is 1.14. The van der Waals surface area contributed by atoms with Gasteiger partial charge >= 0.3 is 0 Å². The standard InChI is InChI=1S/C10H11BrN2O3/c1-13-4-2-7(10(13)15)12-9(14)6-3-5-16-8(6)11/h3,5,7H,2,4H2,1H3,(H,12,14). The lowest BCUT2D eigenvalue weighted by atomic mass is 10.2. The number of carbonyl (C=O) groups excluding carboxylic acids is 2. The Bertz CT molecular complexity index is 429. The van der Waals surface area contributed by atoms with E-state index in [1.807, 2.05) is 0 Å². The summed E-state index contributed by atoms with van der Waals surface area (Å²) in [4.78, 5) is 24.9. The summed E-state index contributed by atoms with van der Waals surface area (Å²) in [5.74, 6) is -0.345. The third-order valence-electron chi connectivity index (χ3n) is 2.60. The smallest absolute Gasteiger partial charge is 0.256 e. The second-order valence-electron chi connectivity index (χ2n) is 3.68. The number of halogens is 1. The zero-order chi connectivity index (χ0) is 11.7. The van der Waals surface area contributed by atoms with Crippen molar-refractivity contribution < 1.29 is 14.0 Å². The van der Waals surface area contributed by atoms with Gasteiger partial charge in [0.25, 0.3) is 5.91 Å². The SMILES string of the molecule is CN1CCC(NC(=O)c2ccoc2Br)C1=O. The Morgan fingerprint density at radius 1 is 1.69 bits per heavy atom. The van der Waals surface area contributed by atoms with Crippen LogP contribution in [0, 0.1) is 0 Å². The van der Waals surface area contributed by atoms with E-state index >= 15 is 0 Å². The number of likely N-dealkylation sites (N-methyl/N-ethyl adjacent to an activating group) is 1. The van der Waals surface area contributed by atoms with Crippen LogP contribution in [0.5, 0.6) is 0 Å². The summed E-state index contributed by atoms with van der Waals surface area (Å²) < 4.78 is 5.34. The van der Waals surface area contributed by atoms with E-state index in [1.54, 1.807) is 18.0 Å². The molecule has 1 atom stereocenters. The molecule has 0 saturated carbocycles. The normalized spacial score (nSPS) is 20.2. The van der Waals surface area contributed by atoms with Crippen LogP contribution in [0.4, 0.5) is 0 Å². The number of amides is 2. The number of nitrogens with one attached hydrogen (secondary N) is 1. The molecule has 2 heterocycles. The zero-order valence-electron chi connectivity index (χ0n) is 8.70. The number of furan rings is 1. The molecular weight excluding hydrogens is 276 g/mol. The van der Waals surface area contributed by atoms with Gasteiger partial charge in [0.05, 0.1) is 11.8 Å². The molecule has 0 aliphatic carbocycles. The first-order chi connectivity index (χ1) is 7.59. The number of hydrogen-bond acceptors (Lipinski definition) is 3. The van der Waals surface area contributed by atoms with Crippen molar-refractivity contribution in [3.63, 3.8) is 0 Å². The highest BCUT2D eigenvalue weighted by Crippen LogP contribution is 2.18. The van der Waals surface area contributed by atoms with Crippen LogP contribution in [-0.2, 0) is 4.79 Å². The van der Waals surface area contributed by atoms with E-state index in [2.05, 4.69) is 21.2 Å². The minimum absolute atomic E-state index is 0.0482. The highest BCUT2D eigenvalue weighted by molar-refractivity contribution is 9.10. The van der Waals surface area contributed by atoms with Crippen LogP contribution in [0.3, 0.4) is 0 Å². The summed E-state index contributed by atoms with van der Waals surface area (Å²) in [5.41, 5.74) is 0.405.